The normalized spacial score (nSPS) is 11.7. The molecule has 6 heteroatoms. The Hall–Kier alpha value is -3.67. The Morgan fingerprint density at radius 3 is 2.20 bits per heavy atom. The van der Waals surface area contributed by atoms with Crippen LogP contribution in [-0.2, 0) is 31.3 Å². The Morgan fingerprint density at radius 1 is 0.886 bits per heavy atom. The van der Waals surface area contributed by atoms with Gasteiger partial charge in [0.05, 0.1) is 12.2 Å². The molecule has 6 nitrogen and oxygen atoms in total. The maximum absolute atomic E-state index is 12.9. The third kappa shape index (κ3) is 5.88. The van der Waals surface area contributed by atoms with Crippen LogP contribution in [0.2, 0.25) is 0 Å². The van der Waals surface area contributed by atoms with Crippen LogP contribution in [0.5, 0.6) is 0 Å². The Morgan fingerprint density at radius 2 is 1.57 bits per heavy atom. The van der Waals surface area contributed by atoms with Gasteiger partial charge in [0.1, 0.15) is 11.6 Å². The van der Waals surface area contributed by atoms with Gasteiger partial charge in [0.2, 0.25) is 0 Å². The fourth-order valence-corrected chi connectivity index (χ4v) is 4.28. The fraction of sp³-hybridized carbons (Fsp3) is 0.345. The molecule has 4 aromatic rings. The van der Waals surface area contributed by atoms with Gasteiger partial charge < -0.3 is 5.73 Å². The van der Waals surface area contributed by atoms with E-state index < -0.39 is 0 Å². The van der Waals surface area contributed by atoms with E-state index in [-0.39, 0.29) is 11.1 Å². The van der Waals surface area contributed by atoms with Gasteiger partial charge in [-0.15, -0.1) is 0 Å². The number of pyridine rings is 1. The van der Waals surface area contributed by atoms with Crippen molar-refractivity contribution in [2.75, 3.05) is 5.73 Å². The second-order valence-corrected chi connectivity index (χ2v) is 10.0. The molecule has 0 aliphatic heterocycles. The summed E-state index contributed by atoms with van der Waals surface area (Å²) in [4.78, 5) is 17.3. The van der Waals surface area contributed by atoms with Gasteiger partial charge >= 0.3 is 5.69 Å². The van der Waals surface area contributed by atoms with Crippen LogP contribution in [0.1, 0.15) is 56.6 Å². The van der Waals surface area contributed by atoms with Crippen LogP contribution >= 0.6 is 0 Å². The van der Waals surface area contributed by atoms with Crippen molar-refractivity contribution in [1.29, 1.82) is 0 Å². The van der Waals surface area contributed by atoms with E-state index in [1.54, 1.807) is 15.3 Å². The number of rotatable bonds is 8. The van der Waals surface area contributed by atoms with Crippen molar-refractivity contribution < 1.29 is 0 Å². The average Bonchev–Trinajstić information content (AvgIpc) is 3.13. The van der Waals surface area contributed by atoms with Crippen molar-refractivity contribution in [3.8, 4) is 11.3 Å². The molecule has 4 rings (SSSR count). The predicted octanol–water partition coefficient (Wildman–Crippen LogP) is 5.23. The van der Waals surface area contributed by atoms with E-state index in [0.29, 0.717) is 18.9 Å². The zero-order valence-electron chi connectivity index (χ0n) is 21.2. The lowest BCUT2D eigenvalue weighted by Crippen LogP contribution is -2.25. The summed E-state index contributed by atoms with van der Waals surface area (Å²) >= 11 is 0. The third-order valence-electron chi connectivity index (χ3n) is 6.35. The number of nitrogens with two attached hydrogens (primary N) is 1. The molecule has 2 aromatic carbocycles. The van der Waals surface area contributed by atoms with Crippen LogP contribution in [0.15, 0.2) is 71.5 Å². The van der Waals surface area contributed by atoms with Gasteiger partial charge in [0.15, 0.2) is 0 Å². The Bertz CT molecular complexity index is 1330. The molecule has 0 atom stereocenters. The van der Waals surface area contributed by atoms with Crippen LogP contribution in [0.25, 0.3) is 11.3 Å². The molecule has 35 heavy (non-hydrogen) atoms. The molecule has 0 fully saturated rings. The largest absolute Gasteiger partial charge is 0.384 e. The summed E-state index contributed by atoms with van der Waals surface area (Å²) in [5.74, 6) is 1.37. The Labute approximate surface area is 207 Å². The minimum absolute atomic E-state index is 0.0404. The van der Waals surface area contributed by atoms with Crippen LogP contribution in [0.4, 0.5) is 5.82 Å². The first-order valence-electron chi connectivity index (χ1n) is 12.3. The summed E-state index contributed by atoms with van der Waals surface area (Å²) in [6, 6.07) is 22.6. The SMILES string of the molecule is CCn1c(CCCc2ccc(-c3cccc(N)n3)cc2)nn(Cc2ccc(C(C)(C)C)cc2)c1=O. The molecule has 0 aliphatic carbocycles. The molecule has 0 aliphatic rings. The molecule has 2 N–H and O–H groups in total. The number of aromatic nitrogens is 4. The number of hydrogen-bond acceptors (Lipinski definition) is 4. The van der Waals surface area contributed by atoms with Gasteiger partial charge in [-0.1, -0.05) is 75.4 Å². The number of nitrogens with zero attached hydrogens (tertiary/aromatic N) is 4. The molecule has 0 saturated carbocycles. The van der Waals surface area contributed by atoms with E-state index in [1.165, 1.54) is 11.1 Å². The number of hydrogen-bond donors (Lipinski definition) is 1. The van der Waals surface area contributed by atoms with Gasteiger partial charge in [0, 0.05) is 18.5 Å². The first kappa shape index (κ1) is 24.5. The van der Waals surface area contributed by atoms with Crippen LogP contribution < -0.4 is 11.4 Å². The van der Waals surface area contributed by atoms with Gasteiger partial charge in [-0.3, -0.25) is 4.57 Å². The summed E-state index contributed by atoms with van der Waals surface area (Å²) in [6.07, 6.45) is 2.61. The number of benzene rings is 2. The van der Waals surface area contributed by atoms with Crippen molar-refractivity contribution in [1.82, 2.24) is 19.3 Å². The second kappa shape index (κ2) is 10.3. The van der Waals surface area contributed by atoms with E-state index in [9.17, 15) is 4.79 Å². The molecule has 0 saturated heterocycles. The zero-order valence-corrected chi connectivity index (χ0v) is 21.2. The first-order valence-corrected chi connectivity index (χ1v) is 12.3. The smallest absolute Gasteiger partial charge is 0.346 e. The molecule has 0 amide bonds. The lowest BCUT2D eigenvalue weighted by atomic mass is 9.87. The topological polar surface area (TPSA) is 78.7 Å². The standard InChI is InChI=1S/C29H35N5O/c1-5-33-27(32-34(28(33)35)20-22-14-18-24(19-15-22)29(2,3)4)11-6-8-21-12-16-23(17-13-21)25-9-7-10-26(30)31-25/h7,9-10,12-19H,5-6,8,11,20H2,1-4H3,(H2,30,31). The van der Waals surface area contributed by atoms with E-state index in [2.05, 4.69) is 79.4 Å². The summed E-state index contributed by atoms with van der Waals surface area (Å²) in [5, 5.41) is 4.69. The van der Waals surface area contributed by atoms with Crippen molar-refractivity contribution in [2.24, 2.45) is 0 Å². The summed E-state index contributed by atoms with van der Waals surface area (Å²) < 4.78 is 3.39. The highest BCUT2D eigenvalue weighted by Crippen LogP contribution is 2.22. The molecule has 0 spiro atoms. The van der Waals surface area contributed by atoms with E-state index >= 15 is 0 Å². The summed E-state index contributed by atoms with van der Waals surface area (Å²) in [7, 11) is 0. The van der Waals surface area contributed by atoms with Gasteiger partial charge in [-0.05, 0) is 54.0 Å². The Balaban J connectivity index is 1.40. The molecule has 0 unspecified atom stereocenters. The first-order chi connectivity index (χ1) is 16.7. The van der Waals surface area contributed by atoms with Crippen molar-refractivity contribution in [2.45, 2.75) is 65.5 Å². The van der Waals surface area contributed by atoms with Gasteiger partial charge in [-0.25, -0.2) is 14.5 Å². The van der Waals surface area contributed by atoms with Crippen LogP contribution in [0, 0.1) is 0 Å². The molecule has 0 bridgehead atoms. The number of nitrogen functional groups attached to an aromatic ring is 1. The van der Waals surface area contributed by atoms with Gasteiger partial charge in [0.25, 0.3) is 0 Å². The lowest BCUT2D eigenvalue weighted by molar-refractivity contribution is 0.588. The minimum atomic E-state index is -0.0404. The molecule has 2 heterocycles. The van der Waals surface area contributed by atoms with E-state index in [0.717, 1.165) is 41.9 Å². The van der Waals surface area contributed by atoms with Crippen molar-refractivity contribution in [3.63, 3.8) is 0 Å². The maximum atomic E-state index is 12.9. The molecule has 0 radical (unpaired) electrons. The van der Waals surface area contributed by atoms with Crippen molar-refractivity contribution >= 4 is 5.82 Å². The molecular weight excluding hydrogens is 434 g/mol. The summed E-state index contributed by atoms with van der Waals surface area (Å²) in [6.45, 7) is 9.71. The predicted molar refractivity (Wildman–Crippen MR) is 143 cm³/mol. The van der Waals surface area contributed by atoms with Crippen LogP contribution in [-0.4, -0.2) is 19.3 Å². The highest BCUT2D eigenvalue weighted by Gasteiger charge is 2.15. The summed E-state index contributed by atoms with van der Waals surface area (Å²) in [5.41, 5.74) is 11.4. The monoisotopic (exact) mass is 469 g/mol. The lowest BCUT2D eigenvalue weighted by Gasteiger charge is -2.19. The second-order valence-electron chi connectivity index (χ2n) is 10.0. The quantitative estimate of drug-likeness (QED) is 0.383. The number of anilines is 1. The fourth-order valence-electron chi connectivity index (χ4n) is 4.28. The maximum Gasteiger partial charge on any atom is 0.346 e. The van der Waals surface area contributed by atoms with Crippen LogP contribution in [0.3, 0.4) is 0 Å². The Kier molecular flexibility index (Phi) is 7.20. The number of aryl methyl sites for hydroxylation is 2. The van der Waals surface area contributed by atoms with Crippen molar-refractivity contribution in [3.05, 3.63) is 99.7 Å². The average molecular weight is 470 g/mol. The van der Waals surface area contributed by atoms with E-state index in [4.69, 9.17) is 5.73 Å². The van der Waals surface area contributed by atoms with E-state index in [1.807, 2.05) is 19.1 Å². The molecule has 2 aromatic heterocycles. The molecule has 182 valence electrons. The zero-order chi connectivity index (χ0) is 25.0. The highest BCUT2D eigenvalue weighted by molar-refractivity contribution is 5.61. The highest BCUT2D eigenvalue weighted by atomic mass is 16.2. The van der Waals surface area contributed by atoms with Gasteiger partial charge in [-0.2, -0.15) is 5.10 Å². The molecular formula is C29H35N5O. The third-order valence-corrected chi connectivity index (χ3v) is 6.35. The minimum Gasteiger partial charge on any atom is -0.384 e.